The van der Waals surface area contributed by atoms with Crippen molar-refractivity contribution in [2.45, 2.75) is 45.1 Å². The molecule has 0 saturated carbocycles. The molecule has 2 saturated heterocycles. The summed E-state index contributed by atoms with van der Waals surface area (Å²) in [6.45, 7) is 3.84. The van der Waals surface area contributed by atoms with Crippen LogP contribution in [-0.4, -0.2) is 47.9 Å². The van der Waals surface area contributed by atoms with Crippen molar-refractivity contribution in [3.8, 4) is 0 Å². The third-order valence-corrected chi connectivity index (χ3v) is 6.88. The largest absolute Gasteiger partial charge is 0.357 e. The molecule has 2 fully saturated rings. The predicted molar refractivity (Wildman–Crippen MR) is 120 cm³/mol. The first kappa shape index (κ1) is 20.8. The van der Waals surface area contributed by atoms with E-state index in [4.69, 9.17) is 0 Å². The van der Waals surface area contributed by atoms with E-state index in [9.17, 15) is 9.59 Å². The van der Waals surface area contributed by atoms with Crippen molar-refractivity contribution < 1.29 is 9.59 Å². The SMILES string of the molecule is O=C(NCc1ccc(N2CCCCCC2)nc1)[C@H]1CCCN(C(=O)c2cccs2)C1. The Morgan fingerprint density at radius 2 is 1.90 bits per heavy atom. The predicted octanol–water partition coefficient (Wildman–Crippen LogP) is 3.69. The fourth-order valence-electron chi connectivity index (χ4n) is 4.27. The summed E-state index contributed by atoms with van der Waals surface area (Å²) in [4.78, 5) is 34.8. The van der Waals surface area contributed by atoms with Gasteiger partial charge in [0.1, 0.15) is 5.82 Å². The Labute approximate surface area is 182 Å². The molecule has 4 rings (SSSR count). The molecular weight excluding hydrogens is 396 g/mol. The molecule has 2 aliphatic rings. The van der Waals surface area contributed by atoms with Crippen LogP contribution in [-0.2, 0) is 11.3 Å². The second kappa shape index (κ2) is 10.1. The van der Waals surface area contributed by atoms with E-state index in [1.54, 1.807) is 0 Å². The number of anilines is 1. The Balaban J connectivity index is 1.28. The molecule has 0 aromatic carbocycles. The number of nitrogens with zero attached hydrogens (tertiary/aromatic N) is 3. The molecule has 160 valence electrons. The van der Waals surface area contributed by atoms with Gasteiger partial charge in [-0.15, -0.1) is 11.3 Å². The second-order valence-electron chi connectivity index (χ2n) is 8.21. The Hall–Kier alpha value is -2.41. The molecule has 1 N–H and O–H groups in total. The number of nitrogens with one attached hydrogen (secondary N) is 1. The minimum absolute atomic E-state index is 0.0234. The summed E-state index contributed by atoms with van der Waals surface area (Å²) in [5, 5.41) is 4.95. The van der Waals surface area contributed by atoms with Crippen LogP contribution in [0, 0.1) is 5.92 Å². The van der Waals surface area contributed by atoms with Crippen molar-refractivity contribution in [3.05, 3.63) is 46.3 Å². The van der Waals surface area contributed by atoms with Crippen molar-refractivity contribution in [3.63, 3.8) is 0 Å². The average molecular weight is 427 g/mol. The van der Waals surface area contributed by atoms with E-state index in [0.29, 0.717) is 13.1 Å². The van der Waals surface area contributed by atoms with Crippen LogP contribution < -0.4 is 10.2 Å². The standard InChI is InChI=1S/C23H30N4O2S/c28-22(19-7-5-13-27(17-19)23(29)20-8-6-14-30-20)25-16-18-9-10-21(24-15-18)26-11-3-1-2-4-12-26/h6,8-10,14-15,19H,1-5,7,11-13,16-17H2,(H,25,28)/t19-/m0/s1. The number of carbonyl (C=O) groups excluding carboxylic acids is 2. The van der Waals surface area contributed by atoms with Gasteiger partial charge in [0, 0.05) is 38.9 Å². The van der Waals surface area contributed by atoms with Crippen LogP contribution in [0.3, 0.4) is 0 Å². The zero-order valence-corrected chi connectivity index (χ0v) is 18.2. The number of piperidine rings is 1. The third-order valence-electron chi connectivity index (χ3n) is 6.02. The van der Waals surface area contributed by atoms with Crippen molar-refractivity contribution in [1.29, 1.82) is 0 Å². The van der Waals surface area contributed by atoms with Gasteiger partial charge in [-0.05, 0) is 48.8 Å². The number of amides is 2. The minimum atomic E-state index is -0.146. The molecule has 6 nitrogen and oxygen atoms in total. The molecular formula is C23H30N4O2S. The third kappa shape index (κ3) is 5.19. The van der Waals surface area contributed by atoms with Gasteiger partial charge in [0.15, 0.2) is 0 Å². The number of rotatable bonds is 5. The van der Waals surface area contributed by atoms with Crippen LogP contribution in [0.5, 0.6) is 0 Å². The van der Waals surface area contributed by atoms with Crippen LogP contribution in [0.25, 0.3) is 0 Å². The molecule has 2 aliphatic heterocycles. The first-order valence-corrected chi connectivity index (χ1v) is 11.9. The van der Waals surface area contributed by atoms with Gasteiger partial charge in [0.05, 0.1) is 10.8 Å². The Morgan fingerprint density at radius 3 is 2.60 bits per heavy atom. The quantitative estimate of drug-likeness (QED) is 0.792. The van der Waals surface area contributed by atoms with E-state index in [1.165, 1.54) is 37.0 Å². The Morgan fingerprint density at radius 1 is 1.07 bits per heavy atom. The first-order chi connectivity index (χ1) is 14.7. The number of hydrogen-bond donors (Lipinski definition) is 1. The Bertz CT molecular complexity index is 829. The lowest BCUT2D eigenvalue weighted by Gasteiger charge is -2.31. The smallest absolute Gasteiger partial charge is 0.263 e. The Kier molecular flexibility index (Phi) is 7.00. The molecule has 4 heterocycles. The number of likely N-dealkylation sites (tertiary alicyclic amines) is 1. The lowest BCUT2D eigenvalue weighted by Crippen LogP contribution is -2.45. The highest BCUT2D eigenvalue weighted by atomic mass is 32.1. The molecule has 7 heteroatoms. The topological polar surface area (TPSA) is 65.5 Å². The minimum Gasteiger partial charge on any atom is -0.357 e. The summed E-state index contributed by atoms with van der Waals surface area (Å²) in [6, 6.07) is 7.85. The van der Waals surface area contributed by atoms with Crippen molar-refractivity contribution in [1.82, 2.24) is 15.2 Å². The highest BCUT2D eigenvalue weighted by Crippen LogP contribution is 2.21. The normalized spacial score (nSPS) is 19.9. The monoisotopic (exact) mass is 426 g/mol. The van der Waals surface area contributed by atoms with E-state index in [1.807, 2.05) is 28.6 Å². The lowest BCUT2D eigenvalue weighted by atomic mass is 9.97. The van der Waals surface area contributed by atoms with Gasteiger partial charge in [-0.1, -0.05) is 25.0 Å². The summed E-state index contributed by atoms with van der Waals surface area (Å²) in [5.41, 5.74) is 1.00. The van der Waals surface area contributed by atoms with Gasteiger partial charge in [0.25, 0.3) is 5.91 Å². The maximum Gasteiger partial charge on any atom is 0.263 e. The zero-order chi connectivity index (χ0) is 20.8. The van der Waals surface area contributed by atoms with Crippen LogP contribution in [0.4, 0.5) is 5.82 Å². The van der Waals surface area contributed by atoms with Crippen molar-refractivity contribution in [2.75, 3.05) is 31.1 Å². The molecule has 2 aromatic rings. The number of carbonyl (C=O) groups is 2. The molecule has 0 unspecified atom stereocenters. The van der Waals surface area contributed by atoms with Gasteiger partial charge < -0.3 is 15.1 Å². The second-order valence-corrected chi connectivity index (χ2v) is 9.16. The summed E-state index contributed by atoms with van der Waals surface area (Å²) in [5.74, 6) is 0.944. The van der Waals surface area contributed by atoms with E-state index >= 15 is 0 Å². The summed E-state index contributed by atoms with van der Waals surface area (Å²) in [6.07, 6.45) is 8.62. The maximum atomic E-state index is 12.7. The molecule has 2 amide bonds. The maximum absolute atomic E-state index is 12.7. The van der Waals surface area contributed by atoms with Crippen LogP contribution >= 0.6 is 11.3 Å². The van der Waals surface area contributed by atoms with Crippen LogP contribution in [0.1, 0.15) is 53.8 Å². The lowest BCUT2D eigenvalue weighted by molar-refractivity contribution is -0.126. The van der Waals surface area contributed by atoms with E-state index in [-0.39, 0.29) is 17.7 Å². The van der Waals surface area contributed by atoms with Gasteiger partial charge in [0.2, 0.25) is 5.91 Å². The van der Waals surface area contributed by atoms with Gasteiger partial charge in [-0.2, -0.15) is 0 Å². The van der Waals surface area contributed by atoms with E-state index in [2.05, 4.69) is 27.3 Å². The van der Waals surface area contributed by atoms with Gasteiger partial charge in [-0.3, -0.25) is 9.59 Å². The van der Waals surface area contributed by atoms with E-state index < -0.39 is 0 Å². The van der Waals surface area contributed by atoms with Gasteiger partial charge in [-0.25, -0.2) is 4.98 Å². The summed E-state index contributed by atoms with van der Waals surface area (Å²) in [7, 11) is 0. The fourth-order valence-corrected chi connectivity index (χ4v) is 4.96. The molecule has 2 aromatic heterocycles. The fraction of sp³-hybridized carbons (Fsp3) is 0.522. The molecule has 0 spiro atoms. The number of pyridine rings is 1. The number of aromatic nitrogens is 1. The zero-order valence-electron chi connectivity index (χ0n) is 17.4. The molecule has 0 radical (unpaired) electrons. The van der Waals surface area contributed by atoms with Gasteiger partial charge >= 0.3 is 0 Å². The summed E-state index contributed by atoms with van der Waals surface area (Å²) >= 11 is 1.45. The van der Waals surface area contributed by atoms with E-state index in [0.717, 1.165) is 48.7 Å². The highest BCUT2D eigenvalue weighted by Gasteiger charge is 2.29. The molecule has 30 heavy (non-hydrogen) atoms. The van der Waals surface area contributed by atoms with Crippen LogP contribution in [0.15, 0.2) is 35.8 Å². The molecule has 0 bridgehead atoms. The molecule has 0 aliphatic carbocycles. The van der Waals surface area contributed by atoms with Crippen molar-refractivity contribution in [2.24, 2.45) is 5.92 Å². The number of thiophene rings is 1. The highest BCUT2D eigenvalue weighted by molar-refractivity contribution is 7.12. The summed E-state index contributed by atoms with van der Waals surface area (Å²) < 4.78 is 0. The van der Waals surface area contributed by atoms with Crippen LogP contribution in [0.2, 0.25) is 0 Å². The number of hydrogen-bond acceptors (Lipinski definition) is 5. The van der Waals surface area contributed by atoms with Crippen molar-refractivity contribution >= 4 is 29.0 Å². The molecule has 1 atom stereocenters. The average Bonchev–Trinajstić information content (AvgIpc) is 3.20. The first-order valence-electron chi connectivity index (χ1n) is 11.0.